The number of aromatic hydroxyl groups is 1. The van der Waals surface area contributed by atoms with Gasteiger partial charge in [0.05, 0.1) is 16.8 Å². The van der Waals surface area contributed by atoms with Gasteiger partial charge in [-0.25, -0.2) is 0 Å². The third kappa shape index (κ3) is 2.19. The number of rotatable bonds is 0. The van der Waals surface area contributed by atoms with Crippen LogP contribution in [0.3, 0.4) is 0 Å². The summed E-state index contributed by atoms with van der Waals surface area (Å²) in [5, 5.41) is 24.8. The van der Waals surface area contributed by atoms with Gasteiger partial charge in [-0.05, 0) is 49.4 Å². The van der Waals surface area contributed by atoms with E-state index in [1.807, 2.05) is 24.1 Å². The molecular weight excluding hydrogens is 426 g/mol. The molecule has 0 saturated heterocycles. The Bertz CT molecular complexity index is 1430. The van der Waals surface area contributed by atoms with E-state index in [0.717, 1.165) is 17.5 Å². The Kier molecular flexibility index (Phi) is 3.42. The van der Waals surface area contributed by atoms with Crippen molar-refractivity contribution in [2.24, 2.45) is 0 Å². The molecule has 1 amide bonds. The number of likely N-dealkylation sites (N-methyl/N-ethyl adjacent to an activating group) is 1. The fourth-order valence-electron chi connectivity index (χ4n) is 5.41. The number of amides is 1. The predicted octanol–water partition coefficient (Wildman–Crippen LogP) is 2.45. The van der Waals surface area contributed by atoms with Gasteiger partial charge < -0.3 is 34.8 Å². The van der Waals surface area contributed by atoms with Crippen LogP contribution in [-0.2, 0) is 12.1 Å². The van der Waals surface area contributed by atoms with Crippen molar-refractivity contribution >= 4 is 22.4 Å². The van der Waals surface area contributed by atoms with Crippen LogP contribution in [0.25, 0.3) is 10.8 Å². The summed E-state index contributed by atoms with van der Waals surface area (Å²) in [5.74, 6) is 1.77. The Morgan fingerprint density at radius 3 is 2.64 bits per heavy atom. The lowest BCUT2D eigenvalue weighted by molar-refractivity contribution is 0.0753. The average Bonchev–Trinajstić information content (AvgIpc) is 3.47. The van der Waals surface area contributed by atoms with E-state index in [1.165, 1.54) is 0 Å². The number of phenols is 1. The van der Waals surface area contributed by atoms with Crippen LogP contribution in [0.1, 0.15) is 27.0 Å². The fourth-order valence-corrected chi connectivity index (χ4v) is 5.41. The fraction of sp³-hybridized carbons (Fsp3) is 0.250. The van der Waals surface area contributed by atoms with Crippen molar-refractivity contribution in [2.75, 3.05) is 27.2 Å². The van der Waals surface area contributed by atoms with Gasteiger partial charge in [-0.15, -0.1) is 0 Å². The number of hydrogen-bond donors (Lipinski definition) is 3. The van der Waals surface area contributed by atoms with Crippen molar-refractivity contribution in [2.45, 2.75) is 12.1 Å². The SMILES string of the molecule is CN1CCc2cc3c(cc2[C@]12NC(=O)c1cc4c5c(ccc4c(O)c1C2=N)OCO5)OCO3. The summed E-state index contributed by atoms with van der Waals surface area (Å²) in [6, 6.07) is 8.87. The first-order chi connectivity index (χ1) is 16.0. The van der Waals surface area contributed by atoms with Crippen LogP contribution in [0, 0.1) is 5.41 Å². The third-order valence-corrected chi connectivity index (χ3v) is 7.06. The molecule has 0 radical (unpaired) electrons. The number of phenolic OH excluding ortho intramolecular Hbond substituents is 1. The number of carbonyl (C=O) groups excluding carboxylic acids is 1. The molecular formula is C24H19N3O6. The Morgan fingerprint density at radius 1 is 1.03 bits per heavy atom. The molecule has 0 aliphatic carbocycles. The van der Waals surface area contributed by atoms with Crippen molar-refractivity contribution < 1.29 is 28.8 Å². The third-order valence-electron chi connectivity index (χ3n) is 7.06. The van der Waals surface area contributed by atoms with Crippen molar-refractivity contribution in [3.63, 3.8) is 0 Å². The molecule has 1 spiro atoms. The molecule has 9 nitrogen and oxygen atoms in total. The van der Waals surface area contributed by atoms with E-state index < -0.39 is 5.66 Å². The lowest BCUT2D eigenvalue weighted by atomic mass is 9.77. The van der Waals surface area contributed by atoms with E-state index >= 15 is 0 Å². The second kappa shape index (κ2) is 6.08. The maximum atomic E-state index is 13.5. The summed E-state index contributed by atoms with van der Waals surface area (Å²) in [6.45, 7) is 0.823. The molecule has 3 aromatic carbocycles. The number of fused-ring (bicyclic) bond motifs is 7. The summed E-state index contributed by atoms with van der Waals surface area (Å²) in [7, 11) is 1.86. The number of hydrogen-bond acceptors (Lipinski definition) is 8. The number of ether oxygens (including phenoxy) is 4. The summed E-state index contributed by atoms with van der Waals surface area (Å²) in [5.41, 5.74) is 0.990. The maximum absolute atomic E-state index is 13.5. The summed E-state index contributed by atoms with van der Waals surface area (Å²) in [6.07, 6.45) is 0.730. The molecule has 4 aliphatic rings. The quantitative estimate of drug-likeness (QED) is 0.487. The molecule has 4 heterocycles. The molecule has 9 heteroatoms. The van der Waals surface area contributed by atoms with Gasteiger partial charge in [-0.3, -0.25) is 9.69 Å². The van der Waals surface area contributed by atoms with Gasteiger partial charge >= 0.3 is 0 Å². The second-order valence-corrected chi connectivity index (χ2v) is 8.62. The topological polar surface area (TPSA) is 113 Å². The van der Waals surface area contributed by atoms with Crippen LogP contribution in [0.5, 0.6) is 28.7 Å². The van der Waals surface area contributed by atoms with Crippen molar-refractivity contribution in [1.82, 2.24) is 10.2 Å². The monoisotopic (exact) mass is 445 g/mol. The minimum absolute atomic E-state index is 0.0785. The van der Waals surface area contributed by atoms with Crippen LogP contribution >= 0.6 is 0 Å². The molecule has 0 unspecified atom stereocenters. The molecule has 3 aromatic rings. The zero-order valence-electron chi connectivity index (χ0n) is 17.7. The highest BCUT2D eigenvalue weighted by Crippen LogP contribution is 2.49. The first kappa shape index (κ1) is 18.6. The van der Waals surface area contributed by atoms with Crippen LogP contribution in [0.4, 0.5) is 0 Å². The summed E-state index contributed by atoms with van der Waals surface area (Å²) >= 11 is 0. The molecule has 4 aliphatic heterocycles. The van der Waals surface area contributed by atoms with Crippen molar-refractivity contribution in [3.8, 4) is 28.7 Å². The summed E-state index contributed by atoms with van der Waals surface area (Å²) in [4.78, 5) is 15.5. The van der Waals surface area contributed by atoms with Crippen molar-refractivity contribution in [3.05, 3.63) is 52.6 Å². The van der Waals surface area contributed by atoms with Crippen LogP contribution in [0.15, 0.2) is 30.3 Å². The first-order valence-electron chi connectivity index (χ1n) is 10.6. The highest BCUT2D eigenvalue weighted by Gasteiger charge is 2.52. The Hall–Kier alpha value is -3.98. The molecule has 0 bridgehead atoms. The minimum atomic E-state index is -1.25. The van der Waals surface area contributed by atoms with E-state index in [0.29, 0.717) is 40.3 Å². The van der Waals surface area contributed by atoms with Gasteiger partial charge in [0.2, 0.25) is 13.6 Å². The van der Waals surface area contributed by atoms with E-state index in [-0.39, 0.29) is 42.1 Å². The van der Waals surface area contributed by atoms with Gasteiger partial charge in [0, 0.05) is 22.9 Å². The number of nitrogens with one attached hydrogen (secondary N) is 2. The molecule has 1 atom stereocenters. The van der Waals surface area contributed by atoms with Gasteiger partial charge in [0.1, 0.15) is 5.75 Å². The molecule has 33 heavy (non-hydrogen) atoms. The van der Waals surface area contributed by atoms with Crippen LogP contribution < -0.4 is 24.3 Å². The average molecular weight is 445 g/mol. The molecule has 0 saturated carbocycles. The molecule has 7 rings (SSSR count). The van der Waals surface area contributed by atoms with E-state index in [1.54, 1.807) is 18.2 Å². The standard InChI is InChI=1S/C24H19N3O6/c1-27-5-4-11-6-17-18(32-9-31-17)8-15(11)24(27)22(25)19-14(23(29)26-24)7-13-12(20(19)28)2-3-16-21(13)33-10-30-16/h2-3,6-8,25,28H,4-5,9-10H2,1H3,(H,26,29)/t24-/m0/s1. The van der Waals surface area contributed by atoms with E-state index in [9.17, 15) is 15.3 Å². The summed E-state index contributed by atoms with van der Waals surface area (Å²) < 4.78 is 22.2. The van der Waals surface area contributed by atoms with Crippen molar-refractivity contribution in [1.29, 1.82) is 5.41 Å². The second-order valence-electron chi connectivity index (χ2n) is 8.62. The highest BCUT2D eigenvalue weighted by atomic mass is 16.7. The molecule has 0 fully saturated rings. The largest absolute Gasteiger partial charge is 0.507 e. The normalized spacial score (nSPS) is 22.5. The zero-order chi connectivity index (χ0) is 22.5. The van der Waals surface area contributed by atoms with E-state index in [2.05, 4.69) is 5.32 Å². The highest BCUT2D eigenvalue weighted by molar-refractivity contribution is 6.23. The molecule has 3 N–H and O–H groups in total. The van der Waals surface area contributed by atoms with E-state index in [4.69, 9.17) is 18.9 Å². The number of nitrogens with zero attached hydrogens (tertiary/aromatic N) is 1. The number of benzene rings is 3. The van der Waals surface area contributed by atoms with Crippen LogP contribution in [0.2, 0.25) is 0 Å². The lowest BCUT2D eigenvalue weighted by Gasteiger charge is -2.49. The Labute approximate surface area is 187 Å². The number of carbonyl (C=O) groups is 1. The molecule has 0 aromatic heterocycles. The zero-order valence-corrected chi connectivity index (χ0v) is 17.7. The molecule has 166 valence electrons. The van der Waals surface area contributed by atoms with Gasteiger partial charge in [-0.2, -0.15) is 0 Å². The first-order valence-corrected chi connectivity index (χ1v) is 10.6. The minimum Gasteiger partial charge on any atom is -0.507 e. The lowest BCUT2D eigenvalue weighted by Crippen LogP contribution is -2.66. The van der Waals surface area contributed by atoms with Gasteiger partial charge in [0.25, 0.3) is 5.91 Å². The van der Waals surface area contributed by atoms with Gasteiger partial charge in [-0.1, -0.05) is 0 Å². The van der Waals surface area contributed by atoms with Gasteiger partial charge in [0.15, 0.2) is 28.7 Å². The smallest absolute Gasteiger partial charge is 0.254 e. The van der Waals surface area contributed by atoms with Crippen LogP contribution in [-0.4, -0.2) is 48.8 Å². The Morgan fingerprint density at radius 2 is 1.79 bits per heavy atom. The predicted molar refractivity (Wildman–Crippen MR) is 117 cm³/mol. The maximum Gasteiger partial charge on any atom is 0.254 e. The Balaban J connectivity index is 1.49.